The molecule has 1 N–H and O–H groups in total. The zero-order valence-corrected chi connectivity index (χ0v) is 12.0. The molecule has 1 aromatic heterocycles. The van der Waals surface area contributed by atoms with Crippen LogP contribution in [0.3, 0.4) is 0 Å². The van der Waals surface area contributed by atoms with Crippen LogP contribution >= 0.6 is 0 Å². The zero-order chi connectivity index (χ0) is 13.4. The molecule has 4 heteroatoms. The molecule has 2 heterocycles. The third-order valence-corrected chi connectivity index (χ3v) is 4.94. The molecule has 2 aliphatic carbocycles. The predicted octanol–water partition coefficient (Wildman–Crippen LogP) is 2.28. The van der Waals surface area contributed by atoms with Crippen molar-refractivity contribution in [3.05, 3.63) is 23.7 Å². The third-order valence-electron chi connectivity index (χ3n) is 4.94. The number of ether oxygens (including phenoxy) is 1. The Labute approximate surface area is 120 Å². The lowest BCUT2D eigenvalue weighted by atomic mass is 10.1. The Morgan fingerprint density at radius 2 is 2.20 bits per heavy atom. The molecule has 0 spiro atoms. The van der Waals surface area contributed by atoms with E-state index in [1.807, 2.05) is 6.26 Å². The fourth-order valence-corrected chi connectivity index (χ4v) is 3.59. The Bertz CT molecular complexity index is 455. The minimum absolute atomic E-state index is 0.465. The number of hydrogen-bond donors (Lipinski definition) is 1. The molecule has 110 valence electrons. The molecule has 4 rings (SSSR count). The summed E-state index contributed by atoms with van der Waals surface area (Å²) in [6.07, 6.45) is 8.79. The van der Waals surface area contributed by atoms with Gasteiger partial charge in [-0.05, 0) is 38.2 Å². The zero-order valence-electron chi connectivity index (χ0n) is 12.0. The first-order chi connectivity index (χ1) is 9.90. The van der Waals surface area contributed by atoms with Gasteiger partial charge in [0.2, 0.25) is 0 Å². The topological polar surface area (TPSA) is 37.6 Å². The Balaban J connectivity index is 1.41. The highest BCUT2D eigenvalue weighted by Gasteiger charge is 2.36. The molecule has 1 aromatic rings. The lowest BCUT2D eigenvalue weighted by Crippen LogP contribution is -2.47. The summed E-state index contributed by atoms with van der Waals surface area (Å²) < 4.78 is 11.6. The number of hydrogen-bond acceptors (Lipinski definition) is 4. The van der Waals surface area contributed by atoms with E-state index in [-0.39, 0.29) is 0 Å². The van der Waals surface area contributed by atoms with Crippen molar-refractivity contribution in [1.82, 2.24) is 10.2 Å². The molecule has 20 heavy (non-hydrogen) atoms. The molecular weight excluding hydrogens is 252 g/mol. The molecule has 0 radical (unpaired) electrons. The molecule has 3 fully saturated rings. The van der Waals surface area contributed by atoms with Gasteiger partial charge < -0.3 is 14.5 Å². The van der Waals surface area contributed by atoms with Gasteiger partial charge >= 0.3 is 0 Å². The summed E-state index contributed by atoms with van der Waals surface area (Å²) in [5, 5.41) is 3.58. The smallest absolute Gasteiger partial charge is 0.122 e. The fraction of sp³-hybridized carbons (Fsp3) is 0.750. The number of furan rings is 1. The van der Waals surface area contributed by atoms with E-state index in [0.29, 0.717) is 12.1 Å². The maximum Gasteiger partial charge on any atom is 0.122 e. The van der Waals surface area contributed by atoms with Crippen LogP contribution in [0, 0.1) is 0 Å². The van der Waals surface area contributed by atoms with Crippen molar-refractivity contribution in [3.8, 4) is 0 Å². The quantitative estimate of drug-likeness (QED) is 0.895. The Morgan fingerprint density at radius 3 is 3.10 bits per heavy atom. The summed E-state index contributed by atoms with van der Waals surface area (Å²) in [4.78, 5) is 2.57. The van der Waals surface area contributed by atoms with Gasteiger partial charge in [0.25, 0.3) is 0 Å². The Hall–Kier alpha value is -0.840. The van der Waals surface area contributed by atoms with Crippen LogP contribution in [0.1, 0.15) is 43.4 Å². The molecule has 0 aromatic carbocycles. The van der Waals surface area contributed by atoms with E-state index in [2.05, 4.69) is 16.3 Å². The number of fused-ring (bicyclic) bond motifs is 1. The van der Waals surface area contributed by atoms with Crippen molar-refractivity contribution in [1.29, 1.82) is 0 Å². The molecule has 0 amide bonds. The van der Waals surface area contributed by atoms with E-state index in [1.54, 1.807) is 0 Å². The monoisotopic (exact) mass is 276 g/mol. The number of nitrogens with one attached hydrogen (secondary N) is 1. The second-order valence-corrected chi connectivity index (χ2v) is 6.40. The van der Waals surface area contributed by atoms with Crippen LogP contribution in [-0.2, 0) is 17.8 Å². The van der Waals surface area contributed by atoms with Crippen molar-refractivity contribution in [2.24, 2.45) is 0 Å². The average molecular weight is 276 g/mol. The molecular formula is C16H24N2O2. The maximum absolute atomic E-state index is 5.88. The highest BCUT2D eigenvalue weighted by atomic mass is 16.5. The molecule has 4 nitrogen and oxygen atoms in total. The van der Waals surface area contributed by atoms with Gasteiger partial charge in [-0.15, -0.1) is 0 Å². The van der Waals surface area contributed by atoms with Gasteiger partial charge in [-0.1, -0.05) is 0 Å². The van der Waals surface area contributed by atoms with E-state index in [1.165, 1.54) is 37.7 Å². The van der Waals surface area contributed by atoms with Crippen LogP contribution in [-0.4, -0.2) is 36.2 Å². The second-order valence-electron chi connectivity index (χ2n) is 6.40. The molecule has 1 saturated heterocycles. The van der Waals surface area contributed by atoms with E-state index >= 15 is 0 Å². The fourth-order valence-electron chi connectivity index (χ4n) is 3.59. The highest BCUT2D eigenvalue weighted by Crippen LogP contribution is 2.31. The van der Waals surface area contributed by atoms with Gasteiger partial charge in [-0.25, -0.2) is 0 Å². The van der Waals surface area contributed by atoms with Crippen molar-refractivity contribution < 1.29 is 9.15 Å². The lowest BCUT2D eigenvalue weighted by Gasteiger charge is -2.37. The van der Waals surface area contributed by atoms with Gasteiger partial charge in [0.05, 0.1) is 25.5 Å². The second kappa shape index (κ2) is 5.51. The van der Waals surface area contributed by atoms with Crippen LogP contribution < -0.4 is 5.32 Å². The first-order valence-electron chi connectivity index (χ1n) is 8.04. The van der Waals surface area contributed by atoms with Gasteiger partial charge in [-0.2, -0.15) is 0 Å². The van der Waals surface area contributed by atoms with Crippen LogP contribution in [0.2, 0.25) is 0 Å². The maximum atomic E-state index is 5.88. The summed E-state index contributed by atoms with van der Waals surface area (Å²) in [6, 6.07) is 3.48. The van der Waals surface area contributed by atoms with Gasteiger partial charge in [0, 0.05) is 30.7 Å². The van der Waals surface area contributed by atoms with E-state index < -0.39 is 0 Å². The summed E-state index contributed by atoms with van der Waals surface area (Å²) in [5.41, 5.74) is 1.33. The van der Waals surface area contributed by atoms with E-state index in [0.717, 1.165) is 38.0 Å². The largest absolute Gasteiger partial charge is 0.468 e. The van der Waals surface area contributed by atoms with Crippen molar-refractivity contribution in [3.63, 3.8) is 0 Å². The Kier molecular flexibility index (Phi) is 3.54. The SMILES string of the molecule is c1cc(CNC2CC2)c(CN2CCOC3CCCC32)o1. The summed E-state index contributed by atoms with van der Waals surface area (Å²) in [5.74, 6) is 1.14. The van der Waals surface area contributed by atoms with Crippen LogP contribution in [0.25, 0.3) is 0 Å². The number of morpholine rings is 1. The van der Waals surface area contributed by atoms with Crippen molar-refractivity contribution >= 4 is 0 Å². The Morgan fingerprint density at radius 1 is 1.25 bits per heavy atom. The van der Waals surface area contributed by atoms with Crippen molar-refractivity contribution in [2.45, 2.75) is 63.4 Å². The van der Waals surface area contributed by atoms with E-state index in [4.69, 9.17) is 9.15 Å². The first kappa shape index (κ1) is 12.9. The summed E-state index contributed by atoms with van der Waals surface area (Å²) in [6.45, 7) is 3.81. The summed E-state index contributed by atoms with van der Waals surface area (Å²) >= 11 is 0. The van der Waals surface area contributed by atoms with Crippen LogP contribution in [0.15, 0.2) is 16.7 Å². The molecule has 2 atom stereocenters. The normalized spacial score (nSPS) is 30.6. The van der Waals surface area contributed by atoms with E-state index in [9.17, 15) is 0 Å². The standard InChI is InChI=1S/C16H24N2O2/c1-2-14-15(3-1)20-9-7-18(14)11-16-12(6-8-19-16)10-17-13-4-5-13/h6,8,13-15,17H,1-5,7,9-11H2. The minimum Gasteiger partial charge on any atom is -0.468 e. The minimum atomic E-state index is 0.465. The molecule has 2 unspecified atom stereocenters. The number of nitrogens with zero attached hydrogens (tertiary/aromatic N) is 1. The highest BCUT2D eigenvalue weighted by molar-refractivity contribution is 5.17. The summed E-state index contributed by atoms with van der Waals surface area (Å²) in [7, 11) is 0. The average Bonchev–Trinajstić information content (AvgIpc) is 2.99. The first-order valence-corrected chi connectivity index (χ1v) is 8.04. The van der Waals surface area contributed by atoms with Crippen LogP contribution in [0.4, 0.5) is 0 Å². The van der Waals surface area contributed by atoms with Crippen molar-refractivity contribution in [2.75, 3.05) is 13.2 Å². The van der Waals surface area contributed by atoms with Gasteiger partial charge in [0.1, 0.15) is 5.76 Å². The van der Waals surface area contributed by atoms with Crippen LogP contribution in [0.5, 0.6) is 0 Å². The number of rotatable bonds is 5. The lowest BCUT2D eigenvalue weighted by molar-refractivity contribution is -0.0607. The molecule has 3 aliphatic rings. The molecule has 1 aliphatic heterocycles. The molecule has 0 bridgehead atoms. The third kappa shape index (κ3) is 2.65. The predicted molar refractivity (Wildman–Crippen MR) is 76.4 cm³/mol. The van der Waals surface area contributed by atoms with Gasteiger partial charge in [-0.3, -0.25) is 4.90 Å². The van der Waals surface area contributed by atoms with Gasteiger partial charge in [0.15, 0.2) is 0 Å². The molecule has 2 saturated carbocycles.